The molecule has 1 unspecified atom stereocenters. The highest BCUT2D eigenvalue weighted by Crippen LogP contribution is 2.12. The standard InChI is InChI=1S/C18H27F2N3O2.HI/c1-21-18(22-8-3-10-24-12-14-7-11-25-13-14)23-9-6-15-16(19)4-2-5-17(15)20;/h2,4-5,14H,3,6-13H2,1H3,(H2,21,22,23);1H. The highest BCUT2D eigenvalue weighted by Gasteiger charge is 2.15. The maximum Gasteiger partial charge on any atom is 0.190 e. The Kier molecular flexibility index (Phi) is 11.7. The van der Waals surface area contributed by atoms with E-state index in [-0.39, 0.29) is 36.0 Å². The molecule has 26 heavy (non-hydrogen) atoms. The van der Waals surface area contributed by atoms with Crippen LogP contribution in [-0.2, 0) is 15.9 Å². The molecule has 1 fully saturated rings. The second-order valence-electron chi connectivity index (χ2n) is 6.03. The van der Waals surface area contributed by atoms with E-state index in [1.54, 1.807) is 7.05 Å². The van der Waals surface area contributed by atoms with Gasteiger partial charge < -0.3 is 20.1 Å². The third-order valence-electron chi connectivity index (χ3n) is 4.09. The Labute approximate surface area is 171 Å². The summed E-state index contributed by atoms with van der Waals surface area (Å²) in [5, 5.41) is 6.22. The van der Waals surface area contributed by atoms with Crippen molar-refractivity contribution >= 4 is 29.9 Å². The van der Waals surface area contributed by atoms with Crippen LogP contribution < -0.4 is 10.6 Å². The molecule has 148 valence electrons. The molecule has 1 saturated heterocycles. The number of benzene rings is 1. The van der Waals surface area contributed by atoms with Gasteiger partial charge in [-0.1, -0.05) is 6.07 Å². The second-order valence-corrected chi connectivity index (χ2v) is 6.03. The topological polar surface area (TPSA) is 54.9 Å². The fraction of sp³-hybridized carbons (Fsp3) is 0.611. The zero-order valence-corrected chi connectivity index (χ0v) is 17.4. The number of guanidine groups is 1. The summed E-state index contributed by atoms with van der Waals surface area (Å²) >= 11 is 0. The average Bonchev–Trinajstić information content (AvgIpc) is 3.12. The van der Waals surface area contributed by atoms with Crippen molar-refractivity contribution in [3.05, 3.63) is 35.4 Å². The van der Waals surface area contributed by atoms with E-state index in [9.17, 15) is 8.78 Å². The third kappa shape index (κ3) is 8.13. The van der Waals surface area contributed by atoms with Gasteiger partial charge in [0.2, 0.25) is 0 Å². The Hall–Kier alpha value is -1.000. The number of aliphatic imine (C=N–C) groups is 1. The number of hydrogen-bond acceptors (Lipinski definition) is 3. The molecule has 5 nitrogen and oxygen atoms in total. The monoisotopic (exact) mass is 483 g/mol. The Morgan fingerprint density at radius 3 is 2.65 bits per heavy atom. The van der Waals surface area contributed by atoms with Crippen molar-refractivity contribution in [3.63, 3.8) is 0 Å². The number of nitrogens with zero attached hydrogens (tertiary/aromatic N) is 1. The Morgan fingerprint density at radius 2 is 2.00 bits per heavy atom. The summed E-state index contributed by atoms with van der Waals surface area (Å²) < 4.78 is 38.0. The summed E-state index contributed by atoms with van der Waals surface area (Å²) in [6.45, 7) is 4.19. The van der Waals surface area contributed by atoms with Crippen LogP contribution in [0.25, 0.3) is 0 Å². The summed E-state index contributed by atoms with van der Waals surface area (Å²) in [7, 11) is 1.66. The first-order valence-electron chi connectivity index (χ1n) is 8.73. The summed E-state index contributed by atoms with van der Waals surface area (Å²) in [4.78, 5) is 4.09. The lowest BCUT2D eigenvalue weighted by molar-refractivity contribution is 0.0888. The first kappa shape index (κ1) is 23.0. The van der Waals surface area contributed by atoms with Gasteiger partial charge >= 0.3 is 0 Å². The lowest BCUT2D eigenvalue weighted by Crippen LogP contribution is -2.39. The average molecular weight is 483 g/mol. The molecular formula is C18H28F2IN3O2. The fourth-order valence-corrected chi connectivity index (χ4v) is 2.64. The molecule has 0 aliphatic carbocycles. The highest BCUT2D eigenvalue weighted by molar-refractivity contribution is 14.0. The third-order valence-corrected chi connectivity index (χ3v) is 4.09. The molecule has 0 spiro atoms. The van der Waals surface area contributed by atoms with Crippen LogP contribution in [-0.4, -0.2) is 52.5 Å². The summed E-state index contributed by atoms with van der Waals surface area (Å²) in [6.07, 6.45) is 2.19. The van der Waals surface area contributed by atoms with Gasteiger partial charge in [0.25, 0.3) is 0 Å². The van der Waals surface area contributed by atoms with Gasteiger partial charge in [-0.2, -0.15) is 0 Å². The highest BCUT2D eigenvalue weighted by atomic mass is 127. The second kappa shape index (κ2) is 13.2. The number of nitrogens with one attached hydrogen (secondary N) is 2. The maximum absolute atomic E-state index is 13.6. The van der Waals surface area contributed by atoms with Crippen LogP contribution in [0.15, 0.2) is 23.2 Å². The van der Waals surface area contributed by atoms with Crippen LogP contribution >= 0.6 is 24.0 Å². The molecule has 1 aliphatic rings. The number of rotatable bonds is 9. The molecule has 1 aliphatic heterocycles. The predicted molar refractivity (Wildman–Crippen MR) is 109 cm³/mol. The van der Waals surface area contributed by atoms with E-state index in [0.717, 1.165) is 39.2 Å². The van der Waals surface area contributed by atoms with Gasteiger partial charge in [-0.25, -0.2) is 8.78 Å². The zero-order chi connectivity index (χ0) is 17.9. The van der Waals surface area contributed by atoms with Gasteiger partial charge in [-0.15, -0.1) is 24.0 Å². The fourth-order valence-electron chi connectivity index (χ4n) is 2.64. The molecular weight excluding hydrogens is 455 g/mol. The van der Waals surface area contributed by atoms with Crippen molar-refractivity contribution < 1.29 is 18.3 Å². The van der Waals surface area contributed by atoms with Crippen LogP contribution in [0.2, 0.25) is 0 Å². The zero-order valence-electron chi connectivity index (χ0n) is 15.1. The van der Waals surface area contributed by atoms with Crippen molar-refractivity contribution in [1.29, 1.82) is 0 Å². The molecule has 1 atom stereocenters. The number of hydrogen-bond donors (Lipinski definition) is 2. The summed E-state index contributed by atoms with van der Waals surface area (Å²) in [5.41, 5.74) is 0.0924. The maximum atomic E-state index is 13.6. The summed E-state index contributed by atoms with van der Waals surface area (Å²) in [5.74, 6) is 0.103. The largest absolute Gasteiger partial charge is 0.381 e. The van der Waals surface area contributed by atoms with Crippen molar-refractivity contribution in [2.45, 2.75) is 19.3 Å². The Bertz CT molecular complexity index is 535. The van der Waals surface area contributed by atoms with E-state index in [2.05, 4.69) is 15.6 Å². The van der Waals surface area contributed by atoms with E-state index >= 15 is 0 Å². The van der Waals surface area contributed by atoms with Crippen LogP contribution in [0.4, 0.5) is 8.78 Å². The lowest BCUT2D eigenvalue weighted by atomic mass is 10.1. The van der Waals surface area contributed by atoms with Crippen LogP contribution in [0.1, 0.15) is 18.4 Å². The van der Waals surface area contributed by atoms with Gasteiger partial charge in [0.1, 0.15) is 11.6 Å². The van der Waals surface area contributed by atoms with Crippen LogP contribution in [0.5, 0.6) is 0 Å². The van der Waals surface area contributed by atoms with Crippen molar-refractivity contribution in [3.8, 4) is 0 Å². The smallest absolute Gasteiger partial charge is 0.190 e. The summed E-state index contributed by atoms with van der Waals surface area (Å²) in [6, 6.07) is 3.90. The van der Waals surface area contributed by atoms with E-state index in [1.807, 2.05) is 0 Å². The molecule has 1 heterocycles. The van der Waals surface area contributed by atoms with Gasteiger partial charge in [0.15, 0.2) is 5.96 Å². The van der Waals surface area contributed by atoms with Gasteiger partial charge in [-0.05, 0) is 31.4 Å². The van der Waals surface area contributed by atoms with E-state index in [0.29, 0.717) is 25.0 Å². The quantitative estimate of drug-likeness (QED) is 0.246. The van der Waals surface area contributed by atoms with Crippen molar-refractivity contribution in [2.24, 2.45) is 10.9 Å². The molecule has 2 N–H and O–H groups in total. The van der Waals surface area contributed by atoms with Gasteiger partial charge in [0.05, 0.1) is 13.2 Å². The van der Waals surface area contributed by atoms with Gasteiger partial charge in [0, 0.05) is 44.8 Å². The van der Waals surface area contributed by atoms with E-state index in [4.69, 9.17) is 9.47 Å². The molecule has 0 radical (unpaired) electrons. The molecule has 0 aromatic heterocycles. The SMILES string of the molecule is CN=C(NCCCOCC1CCOC1)NCCc1c(F)cccc1F.I. The molecule has 8 heteroatoms. The number of halogens is 3. The first-order valence-corrected chi connectivity index (χ1v) is 8.73. The van der Waals surface area contributed by atoms with Gasteiger partial charge in [-0.3, -0.25) is 4.99 Å². The molecule has 0 saturated carbocycles. The normalized spacial score (nSPS) is 17.0. The van der Waals surface area contributed by atoms with Crippen molar-refractivity contribution in [2.75, 3.05) is 46.6 Å². The first-order chi connectivity index (χ1) is 12.2. The van der Waals surface area contributed by atoms with Crippen LogP contribution in [0, 0.1) is 17.6 Å². The molecule has 2 rings (SSSR count). The Balaban J connectivity index is 0.00000338. The molecule has 0 amide bonds. The number of ether oxygens (including phenoxy) is 2. The minimum absolute atomic E-state index is 0. The minimum Gasteiger partial charge on any atom is -0.381 e. The van der Waals surface area contributed by atoms with E-state index in [1.165, 1.54) is 18.2 Å². The Morgan fingerprint density at radius 1 is 1.27 bits per heavy atom. The lowest BCUT2D eigenvalue weighted by Gasteiger charge is -2.13. The van der Waals surface area contributed by atoms with E-state index < -0.39 is 11.6 Å². The van der Waals surface area contributed by atoms with Crippen LogP contribution in [0.3, 0.4) is 0 Å². The predicted octanol–water partition coefficient (Wildman–Crippen LogP) is 2.73. The molecule has 1 aromatic carbocycles. The molecule has 1 aromatic rings. The minimum atomic E-state index is -0.519. The van der Waals surface area contributed by atoms with Crippen molar-refractivity contribution in [1.82, 2.24) is 10.6 Å². The molecule has 0 bridgehead atoms.